The van der Waals surface area contributed by atoms with Gasteiger partial charge in [-0.3, -0.25) is 4.68 Å². The molecule has 2 heterocycles. The molecule has 1 radical (unpaired) electrons. The number of rotatable bonds is 2. The molecule has 0 unspecified atom stereocenters. The van der Waals surface area contributed by atoms with Gasteiger partial charge in [-0.15, -0.1) is 0 Å². The van der Waals surface area contributed by atoms with Crippen molar-refractivity contribution in [2.75, 3.05) is 0 Å². The van der Waals surface area contributed by atoms with Crippen LogP contribution < -0.4 is 0 Å². The Balaban J connectivity index is 0.00000306. The van der Waals surface area contributed by atoms with E-state index in [1.165, 1.54) is 18.2 Å². The zero-order chi connectivity index (χ0) is 23.4. The number of halogens is 4. The quantitative estimate of drug-likeness (QED) is 0.353. The second-order valence-electron chi connectivity index (χ2n) is 8.54. The van der Waals surface area contributed by atoms with Gasteiger partial charge in [0.2, 0.25) is 0 Å². The number of imidazole rings is 1. The van der Waals surface area contributed by atoms with Crippen LogP contribution in [0.2, 0.25) is 5.02 Å². The maximum Gasteiger partial charge on any atom is 0.417 e. The van der Waals surface area contributed by atoms with Crippen molar-refractivity contribution in [3.8, 4) is 28.7 Å². The summed E-state index contributed by atoms with van der Waals surface area (Å²) in [5.41, 5.74) is 1.59. The largest absolute Gasteiger partial charge is 0.417 e. The molecule has 2 aromatic carbocycles. The van der Waals surface area contributed by atoms with E-state index in [0.717, 1.165) is 6.07 Å². The van der Waals surface area contributed by atoms with Gasteiger partial charge in [0.15, 0.2) is 5.82 Å². The molecule has 0 spiro atoms. The van der Waals surface area contributed by atoms with Crippen LogP contribution in [-0.4, -0.2) is 49.3 Å². The Kier molecular flexibility index (Phi) is 6.75. The Morgan fingerprint density at radius 3 is 2.39 bits per heavy atom. The summed E-state index contributed by atoms with van der Waals surface area (Å²) >= 11 is 6.42. The number of aromatic nitrogens is 4. The summed E-state index contributed by atoms with van der Waals surface area (Å²) in [6, 6.07) is 10.6. The van der Waals surface area contributed by atoms with E-state index in [-0.39, 0.29) is 45.6 Å². The number of benzene rings is 2. The third-order valence-corrected chi connectivity index (χ3v) is 5.47. The van der Waals surface area contributed by atoms with E-state index in [1.54, 1.807) is 23.9 Å². The number of nitrogens with one attached hydrogen (secondary N) is 1. The van der Waals surface area contributed by atoms with Crippen LogP contribution in [0.5, 0.6) is 0 Å². The number of aromatic amines is 1. The molecule has 4 aromatic rings. The van der Waals surface area contributed by atoms with Crippen LogP contribution in [0.4, 0.5) is 13.2 Å². The second-order valence-corrected chi connectivity index (χ2v) is 8.95. The van der Waals surface area contributed by atoms with Crippen molar-refractivity contribution in [2.24, 2.45) is 7.05 Å². The average Bonchev–Trinajstić information content (AvgIpc) is 3.27. The first-order valence-corrected chi connectivity index (χ1v) is 10.1. The van der Waals surface area contributed by atoms with Crippen LogP contribution >= 0.6 is 11.6 Å². The van der Waals surface area contributed by atoms with E-state index in [2.05, 4.69) is 21.1 Å². The zero-order valence-electron chi connectivity index (χ0n) is 18.8. The first kappa shape index (κ1) is 25.3. The second kappa shape index (κ2) is 8.80. The minimum Gasteiger partial charge on any atom is -0.337 e. The monoisotopic (exact) mass is 480 g/mol. The number of H-pyrrole nitrogens is 1. The number of nitriles is 1. The van der Waals surface area contributed by atoms with Gasteiger partial charge in [-0.2, -0.15) is 23.5 Å². The summed E-state index contributed by atoms with van der Waals surface area (Å²) in [5, 5.41) is 14.5. The van der Waals surface area contributed by atoms with Crippen molar-refractivity contribution >= 4 is 52.2 Å². The van der Waals surface area contributed by atoms with Crippen molar-refractivity contribution in [3.63, 3.8) is 0 Å². The summed E-state index contributed by atoms with van der Waals surface area (Å²) in [7, 11) is 1.71. The van der Waals surface area contributed by atoms with E-state index in [9.17, 15) is 18.4 Å². The van der Waals surface area contributed by atoms with Gasteiger partial charge in [-0.1, -0.05) is 50.6 Å². The maximum atomic E-state index is 13.5. The molecule has 0 bridgehead atoms. The Morgan fingerprint density at radius 2 is 1.79 bits per heavy atom. The number of aryl methyl sites for hydroxylation is 1. The van der Waals surface area contributed by atoms with Gasteiger partial charge in [0, 0.05) is 42.0 Å². The van der Waals surface area contributed by atoms with Crippen LogP contribution in [0.15, 0.2) is 36.4 Å². The third kappa shape index (κ3) is 4.56. The van der Waals surface area contributed by atoms with Gasteiger partial charge in [0.05, 0.1) is 21.8 Å². The Bertz CT molecular complexity index is 1390. The molecule has 5 nitrogen and oxygen atoms in total. The maximum absolute atomic E-state index is 13.5. The summed E-state index contributed by atoms with van der Waals surface area (Å²) in [6.45, 7) is 5.87. The van der Waals surface area contributed by atoms with Gasteiger partial charge in [0.25, 0.3) is 0 Å². The Morgan fingerprint density at radius 1 is 1.12 bits per heavy atom. The summed E-state index contributed by atoms with van der Waals surface area (Å²) < 4.78 is 42.1. The average molecular weight is 481 g/mol. The molecule has 0 saturated carbocycles. The molecular formula is C23H19ClF3N5Na. The molecule has 0 atom stereocenters. The first-order chi connectivity index (χ1) is 14.9. The van der Waals surface area contributed by atoms with E-state index < -0.39 is 11.7 Å². The molecule has 10 heteroatoms. The fraction of sp³-hybridized carbons (Fsp3) is 0.261. The Labute approximate surface area is 215 Å². The van der Waals surface area contributed by atoms with E-state index >= 15 is 0 Å². The van der Waals surface area contributed by atoms with Crippen LogP contribution in [0.3, 0.4) is 0 Å². The molecule has 4 rings (SSSR count). The van der Waals surface area contributed by atoms with E-state index in [1.807, 2.05) is 20.8 Å². The van der Waals surface area contributed by atoms with Crippen molar-refractivity contribution in [3.05, 3.63) is 58.2 Å². The van der Waals surface area contributed by atoms with Crippen molar-refractivity contribution in [2.45, 2.75) is 32.4 Å². The number of alkyl halides is 3. The molecule has 33 heavy (non-hydrogen) atoms. The normalized spacial score (nSPS) is 12.0. The molecule has 0 fully saturated rings. The van der Waals surface area contributed by atoms with Gasteiger partial charge in [0.1, 0.15) is 22.8 Å². The van der Waals surface area contributed by atoms with E-state index in [4.69, 9.17) is 11.6 Å². The number of hydrogen-bond donors (Lipinski definition) is 1. The van der Waals surface area contributed by atoms with Crippen LogP contribution in [0, 0.1) is 11.3 Å². The smallest absolute Gasteiger partial charge is 0.337 e. The minimum atomic E-state index is -4.50. The number of fused-ring (bicyclic) bond motifs is 1. The fourth-order valence-electron chi connectivity index (χ4n) is 3.75. The number of hydrogen-bond acceptors (Lipinski definition) is 3. The summed E-state index contributed by atoms with van der Waals surface area (Å²) in [4.78, 5) is 7.64. The molecular weight excluding hydrogens is 462 g/mol. The summed E-state index contributed by atoms with van der Waals surface area (Å²) in [6.07, 6.45) is -4.50. The van der Waals surface area contributed by atoms with Crippen molar-refractivity contribution in [1.82, 2.24) is 19.7 Å². The van der Waals surface area contributed by atoms with Gasteiger partial charge in [-0.25, -0.2) is 4.98 Å². The minimum absolute atomic E-state index is 0. The molecule has 1 N–H and O–H groups in total. The van der Waals surface area contributed by atoms with Crippen LogP contribution in [0.25, 0.3) is 33.7 Å². The van der Waals surface area contributed by atoms with Crippen molar-refractivity contribution < 1.29 is 13.2 Å². The zero-order valence-corrected chi connectivity index (χ0v) is 21.5. The summed E-state index contributed by atoms with van der Waals surface area (Å²) in [5.74, 6) is 0.366. The SMILES string of the molecule is Cn1nc(C(C)(C)C)c(C#N)c1-c1nc2c(Cl)cc(-c3ccccc3C(F)(F)F)cc2[nH]1.[Na]. The molecule has 0 aliphatic heterocycles. The first-order valence-electron chi connectivity index (χ1n) is 9.75. The van der Waals surface area contributed by atoms with Gasteiger partial charge < -0.3 is 4.98 Å². The van der Waals surface area contributed by atoms with Crippen LogP contribution in [0.1, 0.15) is 37.6 Å². The predicted molar refractivity (Wildman–Crippen MR) is 123 cm³/mol. The predicted octanol–water partition coefficient (Wildman–Crippen LogP) is 6.09. The molecule has 0 aliphatic carbocycles. The molecule has 2 aromatic heterocycles. The third-order valence-electron chi connectivity index (χ3n) is 5.18. The molecule has 0 saturated heterocycles. The van der Waals surface area contributed by atoms with Gasteiger partial charge >= 0.3 is 6.18 Å². The fourth-order valence-corrected chi connectivity index (χ4v) is 4.01. The van der Waals surface area contributed by atoms with Gasteiger partial charge in [-0.05, 0) is 29.3 Å². The molecule has 0 aliphatic rings. The van der Waals surface area contributed by atoms with E-state index in [0.29, 0.717) is 39.4 Å². The van der Waals surface area contributed by atoms with Crippen molar-refractivity contribution in [1.29, 1.82) is 5.26 Å². The molecule has 0 amide bonds. The topological polar surface area (TPSA) is 70.3 Å². The molecule has 165 valence electrons. The Hall–Kier alpha value is -2.31. The van der Waals surface area contributed by atoms with Crippen LogP contribution in [-0.2, 0) is 18.6 Å². The standard InChI is InChI=1S/C23H19ClF3N5.Na/c1-22(2,3)20-14(11-28)19(32(4)31-20)21-29-17-10-12(9-16(24)18(17)30-21)13-7-5-6-8-15(13)23(25,26)27;/h5-10H,1-4H3,(H,29,30);. The number of nitrogens with zero attached hydrogens (tertiary/aromatic N) is 4.